The molecular weight excluding hydrogens is 226 g/mol. The molecule has 0 unspecified atom stereocenters. The fraction of sp³-hybridized carbons (Fsp3) is 0.214. The number of hydrogen-bond acceptors (Lipinski definition) is 4. The van der Waals surface area contributed by atoms with Crippen LogP contribution in [0.5, 0.6) is 5.75 Å². The summed E-state index contributed by atoms with van der Waals surface area (Å²) in [6.07, 6.45) is 1.64. The zero-order valence-corrected chi connectivity index (χ0v) is 10.8. The van der Waals surface area contributed by atoms with Crippen molar-refractivity contribution in [1.29, 1.82) is 0 Å². The highest BCUT2D eigenvalue weighted by atomic mass is 16.5. The molecule has 4 nitrogen and oxygen atoms in total. The molecule has 0 atom stereocenters. The van der Waals surface area contributed by atoms with Crippen LogP contribution >= 0.6 is 0 Å². The number of nitrogens with two attached hydrogens (primary N) is 1. The monoisotopic (exact) mass is 243 g/mol. The number of aromatic nitrogens is 1. The van der Waals surface area contributed by atoms with E-state index < -0.39 is 0 Å². The first-order valence-electron chi connectivity index (χ1n) is 5.74. The van der Waals surface area contributed by atoms with Gasteiger partial charge in [-0.1, -0.05) is 0 Å². The molecule has 18 heavy (non-hydrogen) atoms. The molecular formula is C14H17N3O. The molecule has 3 N–H and O–H groups in total. The van der Waals surface area contributed by atoms with E-state index in [1.54, 1.807) is 13.3 Å². The third kappa shape index (κ3) is 2.53. The second-order valence-electron chi connectivity index (χ2n) is 4.24. The average Bonchev–Trinajstić information content (AvgIpc) is 2.33. The van der Waals surface area contributed by atoms with Gasteiger partial charge in [0.2, 0.25) is 0 Å². The minimum absolute atomic E-state index is 0.670. The predicted octanol–water partition coefficient (Wildman–Crippen LogP) is 3.03. The average molecular weight is 243 g/mol. The van der Waals surface area contributed by atoms with Gasteiger partial charge in [-0.25, -0.2) is 4.98 Å². The van der Waals surface area contributed by atoms with Gasteiger partial charge in [0.25, 0.3) is 0 Å². The maximum Gasteiger partial charge on any atom is 0.133 e. The van der Waals surface area contributed by atoms with Crippen molar-refractivity contribution >= 4 is 17.2 Å². The van der Waals surface area contributed by atoms with Crippen molar-refractivity contribution in [3.05, 3.63) is 41.6 Å². The number of pyridine rings is 1. The molecule has 0 radical (unpaired) electrons. The van der Waals surface area contributed by atoms with Crippen LogP contribution in [0.4, 0.5) is 17.2 Å². The van der Waals surface area contributed by atoms with Crippen LogP contribution in [0.3, 0.4) is 0 Å². The molecule has 1 aromatic heterocycles. The maximum atomic E-state index is 5.68. The molecule has 0 amide bonds. The molecule has 0 aliphatic heterocycles. The van der Waals surface area contributed by atoms with Crippen molar-refractivity contribution in [3.63, 3.8) is 0 Å². The Kier molecular flexibility index (Phi) is 3.37. The highest BCUT2D eigenvalue weighted by Gasteiger charge is 2.03. The Bertz CT molecular complexity index is 567. The Morgan fingerprint density at radius 2 is 1.94 bits per heavy atom. The topological polar surface area (TPSA) is 60.2 Å². The van der Waals surface area contributed by atoms with Gasteiger partial charge >= 0.3 is 0 Å². The van der Waals surface area contributed by atoms with Crippen LogP contribution in [0.1, 0.15) is 11.1 Å². The SMILES string of the molecule is COc1ccc(Nc2ncc(N)cc2C)cc1C. The second-order valence-corrected chi connectivity index (χ2v) is 4.24. The highest BCUT2D eigenvalue weighted by molar-refractivity contribution is 5.63. The van der Waals surface area contributed by atoms with Gasteiger partial charge in [-0.3, -0.25) is 0 Å². The first-order valence-corrected chi connectivity index (χ1v) is 5.74. The predicted molar refractivity (Wildman–Crippen MR) is 74.4 cm³/mol. The number of nitrogen functional groups attached to an aromatic ring is 1. The van der Waals surface area contributed by atoms with Crippen LogP contribution in [-0.4, -0.2) is 12.1 Å². The number of anilines is 3. The summed E-state index contributed by atoms with van der Waals surface area (Å²) in [7, 11) is 1.67. The van der Waals surface area contributed by atoms with Crippen molar-refractivity contribution in [1.82, 2.24) is 4.98 Å². The normalized spacial score (nSPS) is 10.2. The van der Waals surface area contributed by atoms with Crippen LogP contribution < -0.4 is 15.8 Å². The van der Waals surface area contributed by atoms with Crippen molar-refractivity contribution in [2.45, 2.75) is 13.8 Å². The number of ether oxygens (including phenoxy) is 1. The van der Waals surface area contributed by atoms with E-state index in [4.69, 9.17) is 10.5 Å². The lowest BCUT2D eigenvalue weighted by molar-refractivity contribution is 0.412. The molecule has 0 fully saturated rings. The van der Waals surface area contributed by atoms with E-state index in [1.165, 1.54) is 0 Å². The van der Waals surface area contributed by atoms with Crippen molar-refractivity contribution in [2.75, 3.05) is 18.2 Å². The maximum absolute atomic E-state index is 5.68. The van der Waals surface area contributed by atoms with E-state index in [2.05, 4.69) is 10.3 Å². The minimum atomic E-state index is 0.670. The molecule has 0 aliphatic carbocycles. The van der Waals surface area contributed by atoms with Gasteiger partial charge in [0.15, 0.2) is 0 Å². The van der Waals surface area contributed by atoms with Gasteiger partial charge in [0.05, 0.1) is 19.0 Å². The molecule has 4 heteroatoms. The number of nitrogens with one attached hydrogen (secondary N) is 1. The van der Waals surface area contributed by atoms with E-state index in [1.807, 2.05) is 38.1 Å². The molecule has 2 rings (SSSR count). The summed E-state index contributed by atoms with van der Waals surface area (Å²) in [4.78, 5) is 4.28. The zero-order valence-electron chi connectivity index (χ0n) is 10.8. The molecule has 2 aromatic rings. The summed E-state index contributed by atoms with van der Waals surface area (Å²) in [5, 5.41) is 3.27. The third-order valence-electron chi connectivity index (χ3n) is 2.76. The summed E-state index contributed by atoms with van der Waals surface area (Å²) in [6.45, 7) is 3.98. The zero-order chi connectivity index (χ0) is 13.1. The first-order chi connectivity index (χ1) is 8.60. The number of methoxy groups -OCH3 is 1. The van der Waals surface area contributed by atoms with E-state index in [-0.39, 0.29) is 0 Å². The third-order valence-corrected chi connectivity index (χ3v) is 2.76. The van der Waals surface area contributed by atoms with Crippen LogP contribution in [0.25, 0.3) is 0 Å². The Morgan fingerprint density at radius 1 is 1.17 bits per heavy atom. The Hall–Kier alpha value is -2.23. The number of benzene rings is 1. The standard InChI is InChI=1S/C14H17N3O/c1-9-7-12(4-5-13(9)18-3)17-14-10(2)6-11(15)8-16-14/h4-8H,15H2,1-3H3,(H,16,17). The first kappa shape index (κ1) is 12.2. The summed E-state index contributed by atoms with van der Waals surface area (Å²) in [6, 6.07) is 7.82. The Morgan fingerprint density at radius 3 is 2.56 bits per heavy atom. The summed E-state index contributed by atoms with van der Waals surface area (Å²) in [5.41, 5.74) is 9.42. The van der Waals surface area contributed by atoms with E-state index >= 15 is 0 Å². The summed E-state index contributed by atoms with van der Waals surface area (Å²) >= 11 is 0. The van der Waals surface area contributed by atoms with Gasteiger partial charge in [-0.05, 0) is 49.2 Å². The van der Waals surface area contributed by atoms with Gasteiger partial charge in [0, 0.05) is 5.69 Å². The van der Waals surface area contributed by atoms with Gasteiger partial charge < -0.3 is 15.8 Å². The summed E-state index contributed by atoms with van der Waals surface area (Å²) < 4.78 is 5.23. The molecule has 0 saturated heterocycles. The van der Waals surface area contributed by atoms with Crippen molar-refractivity contribution < 1.29 is 4.74 Å². The molecule has 0 bridgehead atoms. The summed E-state index contributed by atoms with van der Waals surface area (Å²) in [5.74, 6) is 1.69. The second kappa shape index (κ2) is 4.96. The van der Waals surface area contributed by atoms with Crippen molar-refractivity contribution in [3.8, 4) is 5.75 Å². The molecule has 94 valence electrons. The van der Waals surface area contributed by atoms with Gasteiger partial charge in [0.1, 0.15) is 11.6 Å². The lowest BCUT2D eigenvalue weighted by Gasteiger charge is -2.11. The smallest absolute Gasteiger partial charge is 0.133 e. The number of aryl methyl sites for hydroxylation is 2. The number of hydrogen-bond donors (Lipinski definition) is 2. The molecule has 0 spiro atoms. The molecule has 0 aliphatic rings. The molecule has 1 heterocycles. The number of nitrogens with zero attached hydrogens (tertiary/aromatic N) is 1. The van der Waals surface area contributed by atoms with E-state index in [0.29, 0.717) is 5.69 Å². The quantitative estimate of drug-likeness (QED) is 0.869. The highest BCUT2D eigenvalue weighted by Crippen LogP contribution is 2.25. The minimum Gasteiger partial charge on any atom is -0.496 e. The van der Waals surface area contributed by atoms with Crippen LogP contribution in [-0.2, 0) is 0 Å². The van der Waals surface area contributed by atoms with Gasteiger partial charge in [-0.2, -0.15) is 0 Å². The molecule has 0 saturated carbocycles. The van der Waals surface area contributed by atoms with Gasteiger partial charge in [-0.15, -0.1) is 0 Å². The van der Waals surface area contributed by atoms with Crippen LogP contribution in [0, 0.1) is 13.8 Å². The Balaban J connectivity index is 2.26. The van der Waals surface area contributed by atoms with E-state index in [9.17, 15) is 0 Å². The van der Waals surface area contributed by atoms with Crippen LogP contribution in [0.15, 0.2) is 30.5 Å². The Labute approximate surface area is 107 Å². The fourth-order valence-corrected chi connectivity index (χ4v) is 1.82. The van der Waals surface area contributed by atoms with Crippen molar-refractivity contribution in [2.24, 2.45) is 0 Å². The fourth-order valence-electron chi connectivity index (χ4n) is 1.82. The lowest BCUT2D eigenvalue weighted by atomic mass is 10.2. The largest absolute Gasteiger partial charge is 0.496 e. The lowest BCUT2D eigenvalue weighted by Crippen LogP contribution is -1.98. The molecule has 1 aromatic carbocycles. The van der Waals surface area contributed by atoms with Crippen LogP contribution in [0.2, 0.25) is 0 Å². The number of rotatable bonds is 3. The van der Waals surface area contributed by atoms with E-state index in [0.717, 1.165) is 28.4 Å².